The van der Waals surface area contributed by atoms with Crippen molar-refractivity contribution in [2.75, 3.05) is 26.2 Å². The molecule has 0 unspecified atom stereocenters. The highest BCUT2D eigenvalue weighted by atomic mass is 16.2. The summed E-state index contributed by atoms with van der Waals surface area (Å²) in [5.41, 5.74) is 1.20. The van der Waals surface area contributed by atoms with E-state index in [0.717, 1.165) is 6.54 Å². The van der Waals surface area contributed by atoms with Crippen LogP contribution in [-0.2, 0) is 9.59 Å². The number of rotatable bonds is 5. The molecule has 0 aromatic heterocycles. The Kier molecular flexibility index (Phi) is 6.45. The molecule has 1 saturated heterocycles. The Balaban J connectivity index is 1.62. The van der Waals surface area contributed by atoms with Crippen LogP contribution in [0.5, 0.6) is 0 Å². The van der Waals surface area contributed by atoms with Gasteiger partial charge in [-0.3, -0.25) is 14.5 Å². The average Bonchev–Trinajstić information content (AvgIpc) is 2.85. The Bertz CT molecular complexity index is 570. The second kappa shape index (κ2) is 8.99. The van der Waals surface area contributed by atoms with Crippen molar-refractivity contribution in [2.24, 2.45) is 5.92 Å². The van der Waals surface area contributed by atoms with E-state index in [-0.39, 0.29) is 17.9 Å². The molecular weight excluding hydrogens is 314 g/mol. The SMILES string of the molecule is O=C1CCN(CC(=O)N[C@H](c2ccccc2)C2CCCCC2)CCN1. The van der Waals surface area contributed by atoms with Crippen LogP contribution < -0.4 is 10.6 Å². The summed E-state index contributed by atoms with van der Waals surface area (Å²) in [7, 11) is 0. The molecule has 0 spiro atoms. The molecule has 5 nitrogen and oxygen atoms in total. The van der Waals surface area contributed by atoms with E-state index < -0.39 is 0 Å². The highest BCUT2D eigenvalue weighted by Crippen LogP contribution is 2.34. The highest BCUT2D eigenvalue weighted by molar-refractivity contribution is 5.79. The molecule has 136 valence electrons. The quantitative estimate of drug-likeness (QED) is 0.862. The molecule has 1 aromatic rings. The number of hydrogen-bond donors (Lipinski definition) is 2. The number of nitrogens with one attached hydrogen (secondary N) is 2. The third-order valence-electron chi connectivity index (χ3n) is 5.37. The second-order valence-electron chi connectivity index (χ2n) is 7.23. The fourth-order valence-corrected chi connectivity index (χ4v) is 3.99. The van der Waals surface area contributed by atoms with E-state index in [1.165, 1.54) is 37.7 Å². The van der Waals surface area contributed by atoms with Gasteiger partial charge in [-0.25, -0.2) is 0 Å². The van der Waals surface area contributed by atoms with Gasteiger partial charge in [0.25, 0.3) is 0 Å². The number of carbonyl (C=O) groups excluding carboxylic acids is 2. The van der Waals surface area contributed by atoms with Crippen molar-refractivity contribution in [1.29, 1.82) is 0 Å². The topological polar surface area (TPSA) is 61.4 Å². The van der Waals surface area contributed by atoms with Crippen LogP contribution in [0.25, 0.3) is 0 Å². The largest absolute Gasteiger partial charge is 0.355 e. The predicted octanol–water partition coefficient (Wildman–Crippen LogP) is 2.25. The Morgan fingerprint density at radius 1 is 1.16 bits per heavy atom. The van der Waals surface area contributed by atoms with Crippen molar-refractivity contribution in [3.05, 3.63) is 35.9 Å². The maximum atomic E-state index is 12.7. The van der Waals surface area contributed by atoms with Crippen LogP contribution in [0.2, 0.25) is 0 Å². The van der Waals surface area contributed by atoms with Gasteiger partial charge in [-0.05, 0) is 24.3 Å². The summed E-state index contributed by atoms with van der Waals surface area (Å²) in [6.07, 6.45) is 6.65. The number of carbonyl (C=O) groups is 2. The molecule has 1 aliphatic heterocycles. The van der Waals surface area contributed by atoms with E-state index in [2.05, 4.69) is 27.7 Å². The molecule has 0 radical (unpaired) electrons. The van der Waals surface area contributed by atoms with Crippen molar-refractivity contribution in [2.45, 2.75) is 44.6 Å². The Hall–Kier alpha value is -1.88. The normalized spacial score (nSPS) is 21.2. The van der Waals surface area contributed by atoms with E-state index in [9.17, 15) is 9.59 Å². The minimum Gasteiger partial charge on any atom is -0.355 e. The summed E-state index contributed by atoms with van der Waals surface area (Å²) in [6.45, 7) is 2.37. The summed E-state index contributed by atoms with van der Waals surface area (Å²) in [5.74, 6) is 0.661. The molecule has 1 saturated carbocycles. The molecule has 1 heterocycles. The van der Waals surface area contributed by atoms with Gasteiger partial charge in [0.15, 0.2) is 0 Å². The molecule has 1 aliphatic carbocycles. The van der Waals surface area contributed by atoms with Gasteiger partial charge in [0.05, 0.1) is 12.6 Å². The minimum absolute atomic E-state index is 0.0637. The molecule has 25 heavy (non-hydrogen) atoms. The maximum Gasteiger partial charge on any atom is 0.234 e. The Morgan fingerprint density at radius 3 is 2.68 bits per heavy atom. The molecular formula is C20H29N3O2. The first-order valence-corrected chi connectivity index (χ1v) is 9.56. The van der Waals surface area contributed by atoms with Crippen molar-refractivity contribution < 1.29 is 9.59 Å². The Morgan fingerprint density at radius 2 is 1.92 bits per heavy atom. The first-order chi connectivity index (χ1) is 12.2. The van der Waals surface area contributed by atoms with Crippen molar-refractivity contribution in [3.8, 4) is 0 Å². The van der Waals surface area contributed by atoms with Crippen LogP contribution in [0.4, 0.5) is 0 Å². The van der Waals surface area contributed by atoms with Crippen LogP contribution in [0.3, 0.4) is 0 Å². The monoisotopic (exact) mass is 343 g/mol. The molecule has 5 heteroatoms. The van der Waals surface area contributed by atoms with Crippen LogP contribution in [0, 0.1) is 5.92 Å². The lowest BCUT2D eigenvalue weighted by atomic mass is 9.81. The van der Waals surface area contributed by atoms with Crippen LogP contribution in [-0.4, -0.2) is 42.9 Å². The van der Waals surface area contributed by atoms with Crippen molar-refractivity contribution >= 4 is 11.8 Å². The molecule has 1 atom stereocenters. The summed E-state index contributed by atoms with van der Waals surface area (Å²) >= 11 is 0. The number of amides is 2. The van der Waals surface area contributed by atoms with Gasteiger partial charge >= 0.3 is 0 Å². The highest BCUT2D eigenvalue weighted by Gasteiger charge is 2.27. The van der Waals surface area contributed by atoms with Gasteiger partial charge in [-0.1, -0.05) is 49.6 Å². The maximum absolute atomic E-state index is 12.7. The lowest BCUT2D eigenvalue weighted by Gasteiger charge is -2.32. The lowest BCUT2D eigenvalue weighted by molar-refractivity contribution is -0.124. The zero-order chi connectivity index (χ0) is 17.5. The minimum atomic E-state index is 0.0637. The number of hydrogen-bond acceptors (Lipinski definition) is 3. The molecule has 0 bridgehead atoms. The zero-order valence-electron chi connectivity index (χ0n) is 14.9. The summed E-state index contributed by atoms with van der Waals surface area (Å²) < 4.78 is 0. The molecule has 2 amide bonds. The fraction of sp³-hybridized carbons (Fsp3) is 0.600. The standard InChI is InChI=1S/C20H29N3O2/c24-18-11-13-23(14-12-21-18)15-19(25)22-20(16-7-3-1-4-8-16)17-9-5-2-6-10-17/h1,3-4,7-8,17,20H,2,5-6,9-15H2,(H,21,24)(H,22,25)/t20-/m1/s1. The van der Waals surface area contributed by atoms with Gasteiger partial charge in [0.2, 0.25) is 11.8 Å². The van der Waals surface area contributed by atoms with Crippen molar-refractivity contribution in [3.63, 3.8) is 0 Å². The van der Waals surface area contributed by atoms with E-state index in [1.54, 1.807) is 0 Å². The van der Waals surface area contributed by atoms with Gasteiger partial charge < -0.3 is 10.6 Å². The summed E-state index contributed by atoms with van der Waals surface area (Å²) in [6, 6.07) is 10.4. The molecule has 1 aromatic carbocycles. The Labute approximate surface area is 150 Å². The van der Waals surface area contributed by atoms with Crippen molar-refractivity contribution in [1.82, 2.24) is 15.5 Å². The smallest absolute Gasteiger partial charge is 0.234 e. The molecule has 2 N–H and O–H groups in total. The van der Waals surface area contributed by atoms with E-state index in [1.807, 2.05) is 18.2 Å². The summed E-state index contributed by atoms with van der Waals surface area (Å²) in [4.78, 5) is 26.2. The van der Waals surface area contributed by atoms with Gasteiger partial charge in [-0.15, -0.1) is 0 Å². The lowest BCUT2D eigenvalue weighted by Crippen LogP contribution is -2.42. The zero-order valence-corrected chi connectivity index (χ0v) is 14.9. The number of nitrogens with zero attached hydrogens (tertiary/aromatic N) is 1. The first kappa shape index (κ1) is 17.9. The average molecular weight is 343 g/mol. The molecule has 3 rings (SSSR count). The molecule has 2 fully saturated rings. The third-order valence-corrected chi connectivity index (χ3v) is 5.37. The van der Waals surface area contributed by atoms with Gasteiger partial charge in [0, 0.05) is 26.1 Å². The predicted molar refractivity (Wildman–Crippen MR) is 98.0 cm³/mol. The van der Waals surface area contributed by atoms with Crippen LogP contribution >= 0.6 is 0 Å². The summed E-state index contributed by atoms with van der Waals surface area (Å²) in [5, 5.41) is 6.15. The molecule has 2 aliphatic rings. The van der Waals surface area contributed by atoms with Crippen LogP contribution in [0.1, 0.15) is 50.1 Å². The van der Waals surface area contributed by atoms with E-state index in [0.29, 0.717) is 32.0 Å². The van der Waals surface area contributed by atoms with Gasteiger partial charge in [-0.2, -0.15) is 0 Å². The number of benzene rings is 1. The van der Waals surface area contributed by atoms with Crippen LogP contribution in [0.15, 0.2) is 30.3 Å². The van der Waals surface area contributed by atoms with Gasteiger partial charge in [0.1, 0.15) is 0 Å². The van der Waals surface area contributed by atoms with E-state index >= 15 is 0 Å². The first-order valence-electron chi connectivity index (χ1n) is 9.56. The fourth-order valence-electron chi connectivity index (χ4n) is 3.99. The van der Waals surface area contributed by atoms with E-state index in [4.69, 9.17) is 0 Å². The third kappa shape index (κ3) is 5.30. The second-order valence-corrected chi connectivity index (χ2v) is 7.23.